The molecular formula is C15H12F3N5O2. The Kier molecular flexibility index (Phi) is 4.50. The second kappa shape index (κ2) is 6.75. The van der Waals surface area contributed by atoms with Crippen LogP contribution < -0.4 is 5.32 Å². The Hall–Kier alpha value is -3.17. The summed E-state index contributed by atoms with van der Waals surface area (Å²) in [6, 6.07) is 7.89. The van der Waals surface area contributed by atoms with Gasteiger partial charge >= 0.3 is 6.18 Å². The highest BCUT2D eigenvalue weighted by Crippen LogP contribution is 2.29. The number of tetrazole rings is 1. The van der Waals surface area contributed by atoms with Gasteiger partial charge in [-0.3, -0.25) is 4.79 Å². The van der Waals surface area contributed by atoms with Crippen molar-refractivity contribution in [2.24, 2.45) is 0 Å². The molecule has 130 valence electrons. The van der Waals surface area contributed by atoms with Gasteiger partial charge in [-0.2, -0.15) is 18.0 Å². The van der Waals surface area contributed by atoms with Gasteiger partial charge < -0.3 is 9.73 Å². The first kappa shape index (κ1) is 16.7. The lowest BCUT2D eigenvalue weighted by Crippen LogP contribution is -2.28. The number of carbonyl (C=O) groups excluding carboxylic acids is 1. The smallest absolute Gasteiger partial charge is 0.416 e. The van der Waals surface area contributed by atoms with Crippen molar-refractivity contribution in [2.45, 2.75) is 19.3 Å². The Morgan fingerprint density at radius 1 is 1.20 bits per heavy atom. The zero-order chi connectivity index (χ0) is 17.9. The first-order chi connectivity index (χ1) is 11.9. The number of carbonyl (C=O) groups is 1. The number of nitrogens with zero attached hydrogens (tertiary/aromatic N) is 4. The third-order valence-corrected chi connectivity index (χ3v) is 3.25. The summed E-state index contributed by atoms with van der Waals surface area (Å²) in [6.45, 7) is -0.0783. The van der Waals surface area contributed by atoms with Crippen molar-refractivity contribution in [3.63, 3.8) is 0 Å². The average Bonchev–Trinajstić information content (AvgIpc) is 3.23. The van der Waals surface area contributed by atoms with Gasteiger partial charge in [0.2, 0.25) is 11.7 Å². The van der Waals surface area contributed by atoms with Gasteiger partial charge in [-0.15, -0.1) is 10.2 Å². The summed E-state index contributed by atoms with van der Waals surface area (Å²) in [5.41, 5.74) is -0.191. The predicted molar refractivity (Wildman–Crippen MR) is 78.8 cm³/mol. The highest BCUT2D eigenvalue weighted by atomic mass is 19.4. The van der Waals surface area contributed by atoms with Gasteiger partial charge in [-0.25, -0.2) is 0 Å². The number of nitrogens with one attached hydrogen (secondary N) is 1. The third-order valence-electron chi connectivity index (χ3n) is 3.25. The van der Waals surface area contributed by atoms with Crippen molar-refractivity contribution >= 4 is 5.91 Å². The lowest BCUT2D eigenvalue weighted by molar-refractivity contribution is -0.137. The average molecular weight is 351 g/mol. The molecule has 0 saturated carbocycles. The fraction of sp³-hybridized carbons (Fsp3) is 0.200. The Morgan fingerprint density at radius 2 is 1.96 bits per heavy atom. The van der Waals surface area contributed by atoms with Gasteiger partial charge in [-0.1, -0.05) is 12.1 Å². The molecule has 0 atom stereocenters. The van der Waals surface area contributed by atoms with Crippen molar-refractivity contribution in [1.29, 1.82) is 0 Å². The zero-order valence-corrected chi connectivity index (χ0v) is 12.7. The molecule has 0 aliphatic carbocycles. The number of rotatable bonds is 5. The summed E-state index contributed by atoms with van der Waals surface area (Å²) in [6.07, 6.45) is -2.92. The maximum atomic E-state index is 12.5. The number of hydrogen-bond acceptors (Lipinski definition) is 5. The molecule has 1 aromatic carbocycles. The molecule has 3 rings (SSSR count). The van der Waals surface area contributed by atoms with Crippen LogP contribution in [0.15, 0.2) is 47.1 Å². The lowest BCUT2D eigenvalue weighted by Gasteiger charge is -2.08. The maximum absolute atomic E-state index is 12.5. The summed E-state index contributed by atoms with van der Waals surface area (Å²) in [5, 5.41) is 14.1. The van der Waals surface area contributed by atoms with E-state index in [0.29, 0.717) is 11.3 Å². The minimum Gasteiger partial charge on any atom is -0.461 e. The van der Waals surface area contributed by atoms with Crippen LogP contribution in [0.2, 0.25) is 0 Å². The SMILES string of the molecule is O=C(Cn1nnc(-c2ccco2)n1)NCc1ccc(C(F)(F)F)cc1. The summed E-state index contributed by atoms with van der Waals surface area (Å²) < 4.78 is 42.6. The van der Waals surface area contributed by atoms with E-state index < -0.39 is 17.6 Å². The first-order valence-corrected chi connectivity index (χ1v) is 7.16. The van der Waals surface area contributed by atoms with Crippen molar-refractivity contribution in [3.8, 4) is 11.6 Å². The van der Waals surface area contributed by atoms with E-state index in [1.165, 1.54) is 18.4 Å². The zero-order valence-electron chi connectivity index (χ0n) is 12.7. The maximum Gasteiger partial charge on any atom is 0.416 e. The third kappa shape index (κ3) is 4.22. The van der Waals surface area contributed by atoms with E-state index in [-0.39, 0.29) is 18.9 Å². The Bertz CT molecular complexity index is 841. The van der Waals surface area contributed by atoms with Crippen LogP contribution >= 0.6 is 0 Å². The molecular weight excluding hydrogens is 339 g/mol. The van der Waals surface area contributed by atoms with Gasteiger partial charge in [0.1, 0.15) is 6.54 Å². The van der Waals surface area contributed by atoms with Crippen LogP contribution in [0.1, 0.15) is 11.1 Å². The lowest BCUT2D eigenvalue weighted by atomic mass is 10.1. The van der Waals surface area contributed by atoms with E-state index in [1.807, 2.05) is 0 Å². The van der Waals surface area contributed by atoms with Gasteiger partial charge in [0.15, 0.2) is 5.76 Å². The molecule has 3 aromatic rings. The molecule has 1 N–H and O–H groups in total. The van der Waals surface area contributed by atoms with E-state index in [1.54, 1.807) is 12.1 Å². The number of furan rings is 1. The minimum absolute atomic E-state index is 0.0940. The molecule has 2 aromatic heterocycles. The molecule has 0 fully saturated rings. The summed E-state index contributed by atoms with van der Waals surface area (Å²) in [4.78, 5) is 13.0. The number of alkyl halides is 3. The topological polar surface area (TPSA) is 85.8 Å². The van der Waals surface area contributed by atoms with Crippen LogP contribution in [0.4, 0.5) is 13.2 Å². The Balaban J connectivity index is 1.53. The predicted octanol–water partition coefficient (Wildman–Crippen LogP) is 2.27. The van der Waals surface area contributed by atoms with Crippen LogP contribution in [-0.2, 0) is 24.1 Å². The number of hydrogen-bond donors (Lipinski definition) is 1. The van der Waals surface area contributed by atoms with Crippen LogP contribution in [0.5, 0.6) is 0 Å². The molecule has 7 nitrogen and oxygen atoms in total. The van der Waals surface area contributed by atoms with Crippen LogP contribution in [0.3, 0.4) is 0 Å². The van der Waals surface area contributed by atoms with E-state index >= 15 is 0 Å². The largest absolute Gasteiger partial charge is 0.461 e. The molecule has 25 heavy (non-hydrogen) atoms. The fourth-order valence-electron chi connectivity index (χ4n) is 2.01. The van der Waals surface area contributed by atoms with E-state index in [0.717, 1.165) is 16.9 Å². The summed E-state index contributed by atoms with van der Waals surface area (Å²) in [5.74, 6) is 0.278. The van der Waals surface area contributed by atoms with E-state index in [9.17, 15) is 18.0 Å². The standard InChI is InChI=1S/C15H12F3N5O2/c16-15(17,18)11-5-3-10(4-6-11)8-19-13(24)9-23-21-14(20-22-23)12-2-1-7-25-12/h1-7H,8-9H2,(H,19,24). The number of halogens is 3. The monoisotopic (exact) mass is 351 g/mol. The normalized spacial score (nSPS) is 11.5. The van der Waals surface area contributed by atoms with Gasteiger partial charge in [0.05, 0.1) is 11.8 Å². The van der Waals surface area contributed by atoms with Crippen LogP contribution in [-0.4, -0.2) is 26.1 Å². The van der Waals surface area contributed by atoms with Crippen molar-refractivity contribution in [2.75, 3.05) is 0 Å². The molecule has 0 radical (unpaired) electrons. The highest BCUT2D eigenvalue weighted by molar-refractivity contribution is 5.75. The molecule has 0 bridgehead atoms. The van der Waals surface area contributed by atoms with Crippen molar-refractivity contribution in [1.82, 2.24) is 25.5 Å². The second-order valence-corrected chi connectivity index (χ2v) is 5.09. The quantitative estimate of drug-likeness (QED) is 0.762. The molecule has 0 spiro atoms. The Morgan fingerprint density at radius 3 is 2.60 bits per heavy atom. The summed E-state index contributed by atoms with van der Waals surface area (Å²) in [7, 11) is 0. The molecule has 10 heteroatoms. The molecule has 0 unspecified atom stereocenters. The highest BCUT2D eigenvalue weighted by Gasteiger charge is 2.29. The second-order valence-electron chi connectivity index (χ2n) is 5.09. The molecule has 1 amide bonds. The molecule has 0 aliphatic heterocycles. The van der Waals surface area contributed by atoms with Gasteiger partial charge in [0.25, 0.3) is 0 Å². The van der Waals surface area contributed by atoms with Crippen LogP contribution in [0, 0.1) is 0 Å². The van der Waals surface area contributed by atoms with Gasteiger partial charge in [-0.05, 0) is 35.0 Å². The number of amides is 1. The van der Waals surface area contributed by atoms with Gasteiger partial charge in [0, 0.05) is 6.54 Å². The number of aromatic nitrogens is 4. The van der Waals surface area contributed by atoms with E-state index in [2.05, 4.69) is 20.7 Å². The minimum atomic E-state index is -4.38. The van der Waals surface area contributed by atoms with E-state index in [4.69, 9.17) is 4.42 Å². The summed E-state index contributed by atoms with van der Waals surface area (Å²) >= 11 is 0. The number of benzene rings is 1. The molecule has 2 heterocycles. The Labute approximate surface area is 139 Å². The van der Waals surface area contributed by atoms with Crippen molar-refractivity contribution in [3.05, 3.63) is 53.8 Å². The fourth-order valence-corrected chi connectivity index (χ4v) is 2.01. The first-order valence-electron chi connectivity index (χ1n) is 7.16. The molecule has 0 aliphatic rings. The molecule has 0 saturated heterocycles. The van der Waals surface area contributed by atoms with Crippen LogP contribution in [0.25, 0.3) is 11.6 Å². The van der Waals surface area contributed by atoms with Crippen molar-refractivity contribution < 1.29 is 22.4 Å².